The van der Waals surface area contributed by atoms with Crippen molar-refractivity contribution in [2.24, 2.45) is 0 Å². The van der Waals surface area contributed by atoms with E-state index in [4.69, 9.17) is 0 Å². The Labute approximate surface area is 163 Å². The maximum atomic E-state index is 13.8. The molecule has 0 amide bonds. The zero-order valence-corrected chi connectivity index (χ0v) is 15.1. The summed E-state index contributed by atoms with van der Waals surface area (Å²) in [4.78, 5) is 0. The standard InChI is InChI=1S/C22H16F4N2O/c23-18-7-9-19(10-8-18)28-20-11-6-15(12-16(20)14-27-28)13-21(29,22(24,25)26)17-4-2-1-3-5-17/h1-12,14,29H,13H2. The van der Waals surface area contributed by atoms with E-state index in [1.165, 1.54) is 48.7 Å². The highest BCUT2D eigenvalue weighted by Gasteiger charge is 2.54. The first-order valence-corrected chi connectivity index (χ1v) is 8.85. The fourth-order valence-electron chi connectivity index (χ4n) is 3.36. The van der Waals surface area contributed by atoms with Crippen molar-refractivity contribution in [3.8, 4) is 5.69 Å². The molecule has 7 heteroatoms. The minimum Gasteiger partial charge on any atom is -0.376 e. The molecular formula is C22H16F4N2O. The summed E-state index contributed by atoms with van der Waals surface area (Å²) in [7, 11) is 0. The molecule has 1 unspecified atom stereocenters. The summed E-state index contributed by atoms with van der Waals surface area (Å²) >= 11 is 0. The second-order valence-corrected chi connectivity index (χ2v) is 6.83. The first kappa shape index (κ1) is 19.1. The van der Waals surface area contributed by atoms with Crippen LogP contribution in [0, 0.1) is 5.82 Å². The average Bonchev–Trinajstić information content (AvgIpc) is 3.11. The van der Waals surface area contributed by atoms with E-state index < -0.39 is 18.2 Å². The maximum absolute atomic E-state index is 13.8. The maximum Gasteiger partial charge on any atom is 0.421 e. The second-order valence-electron chi connectivity index (χ2n) is 6.83. The molecule has 3 aromatic carbocycles. The van der Waals surface area contributed by atoms with Gasteiger partial charge in [-0.3, -0.25) is 0 Å². The van der Waals surface area contributed by atoms with Crippen molar-refractivity contribution >= 4 is 10.9 Å². The van der Waals surface area contributed by atoms with Crippen molar-refractivity contribution < 1.29 is 22.7 Å². The van der Waals surface area contributed by atoms with Crippen molar-refractivity contribution in [1.82, 2.24) is 9.78 Å². The van der Waals surface area contributed by atoms with E-state index in [1.807, 2.05) is 0 Å². The third-order valence-electron chi connectivity index (χ3n) is 4.88. The van der Waals surface area contributed by atoms with Gasteiger partial charge in [-0.05, 0) is 47.5 Å². The summed E-state index contributed by atoms with van der Waals surface area (Å²) in [6.07, 6.45) is -3.95. The molecule has 0 aliphatic rings. The Morgan fingerprint density at radius 2 is 1.59 bits per heavy atom. The van der Waals surface area contributed by atoms with Crippen molar-refractivity contribution in [3.63, 3.8) is 0 Å². The van der Waals surface area contributed by atoms with E-state index in [2.05, 4.69) is 5.10 Å². The molecule has 0 radical (unpaired) electrons. The molecule has 4 rings (SSSR count). The Kier molecular flexibility index (Phi) is 4.62. The highest BCUT2D eigenvalue weighted by atomic mass is 19.4. The third kappa shape index (κ3) is 3.49. The van der Waals surface area contributed by atoms with Gasteiger partial charge in [0.1, 0.15) is 5.82 Å². The molecule has 1 heterocycles. The molecule has 0 bridgehead atoms. The van der Waals surface area contributed by atoms with Gasteiger partial charge < -0.3 is 5.11 Å². The molecule has 4 aromatic rings. The van der Waals surface area contributed by atoms with Gasteiger partial charge in [-0.2, -0.15) is 18.3 Å². The fraction of sp³-hybridized carbons (Fsp3) is 0.136. The largest absolute Gasteiger partial charge is 0.421 e. The highest BCUT2D eigenvalue weighted by Crippen LogP contribution is 2.41. The van der Waals surface area contributed by atoms with Crippen LogP contribution in [0.4, 0.5) is 17.6 Å². The lowest BCUT2D eigenvalue weighted by Gasteiger charge is -2.31. The molecule has 29 heavy (non-hydrogen) atoms. The van der Waals surface area contributed by atoms with Crippen LogP contribution in [0.5, 0.6) is 0 Å². The first-order valence-electron chi connectivity index (χ1n) is 8.85. The summed E-state index contributed by atoms with van der Waals surface area (Å²) in [6.45, 7) is 0. The zero-order chi connectivity index (χ0) is 20.6. The molecule has 0 saturated heterocycles. The predicted octanol–water partition coefficient (Wildman–Crippen LogP) is 5.16. The van der Waals surface area contributed by atoms with Crippen LogP contribution in [0.15, 0.2) is 79.0 Å². The zero-order valence-electron chi connectivity index (χ0n) is 15.1. The molecule has 0 spiro atoms. The number of halogens is 4. The highest BCUT2D eigenvalue weighted by molar-refractivity contribution is 5.81. The Morgan fingerprint density at radius 1 is 0.897 bits per heavy atom. The monoisotopic (exact) mass is 400 g/mol. The lowest BCUT2D eigenvalue weighted by Crippen LogP contribution is -2.44. The van der Waals surface area contributed by atoms with Crippen LogP contribution >= 0.6 is 0 Å². The van der Waals surface area contributed by atoms with Gasteiger partial charge in [-0.1, -0.05) is 36.4 Å². The predicted molar refractivity (Wildman–Crippen MR) is 101 cm³/mol. The van der Waals surface area contributed by atoms with Gasteiger partial charge >= 0.3 is 6.18 Å². The van der Waals surface area contributed by atoms with Gasteiger partial charge in [-0.25, -0.2) is 9.07 Å². The normalized spacial score (nSPS) is 14.1. The Hall–Kier alpha value is -3.19. The molecule has 1 atom stereocenters. The van der Waals surface area contributed by atoms with Gasteiger partial charge in [0.25, 0.3) is 0 Å². The van der Waals surface area contributed by atoms with Crippen LogP contribution in [0.2, 0.25) is 0 Å². The van der Waals surface area contributed by atoms with Gasteiger partial charge in [0, 0.05) is 11.8 Å². The number of hydrogen-bond donors (Lipinski definition) is 1. The van der Waals surface area contributed by atoms with Gasteiger partial charge in [-0.15, -0.1) is 0 Å². The minimum atomic E-state index is -4.85. The summed E-state index contributed by atoms with van der Waals surface area (Å²) in [5.41, 5.74) is -1.61. The second kappa shape index (κ2) is 7.00. The lowest BCUT2D eigenvalue weighted by molar-refractivity contribution is -0.266. The first-order chi connectivity index (χ1) is 13.8. The topological polar surface area (TPSA) is 38.1 Å². The molecule has 0 saturated carbocycles. The SMILES string of the molecule is OC(Cc1ccc2c(cnn2-c2ccc(F)cc2)c1)(c1ccccc1)C(F)(F)F. The van der Waals surface area contributed by atoms with Crippen molar-refractivity contribution in [1.29, 1.82) is 0 Å². The molecule has 3 nitrogen and oxygen atoms in total. The number of benzene rings is 3. The number of aromatic nitrogens is 2. The molecule has 0 fully saturated rings. The van der Waals surface area contributed by atoms with E-state index in [-0.39, 0.29) is 11.4 Å². The summed E-state index contributed by atoms with van der Waals surface area (Å²) in [6, 6.07) is 17.5. The van der Waals surface area contributed by atoms with Gasteiger partial charge in [0.05, 0.1) is 17.4 Å². The van der Waals surface area contributed by atoms with Crippen LogP contribution in [-0.4, -0.2) is 21.1 Å². The number of nitrogens with zero attached hydrogens (tertiary/aromatic N) is 2. The summed E-state index contributed by atoms with van der Waals surface area (Å²) < 4.78 is 56.0. The fourth-order valence-corrected chi connectivity index (χ4v) is 3.36. The molecule has 148 valence electrons. The van der Waals surface area contributed by atoms with Crippen LogP contribution in [-0.2, 0) is 12.0 Å². The van der Waals surface area contributed by atoms with Crippen LogP contribution in [0.1, 0.15) is 11.1 Å². The van der Waals surface area contributed by atoms with E-state index in [1.54, 1.807) is 35.0 Å². The van der Waals surface area contributed by atoms with Crippen molar-refractivity contribution in [3.05, 3.63) is 95.9 Å². The molecule has 1 aromatic heterocycles. The Balaban J connectivity index is 1.72. The van der Waals surface area contributed by atoms with E-state index in [9.17, 15) is 22.7 Å². The molecule has 1 N–H and O–H groups in total. The van der Waals surface area contributed by atoms with Gasteiger partial charge in [0.15, 0.2) is 5.60 Å². The molecular weight excluding hydrogens is 384 g/mol. The molecule has 0 aliphatic heterocycles. The molecule has 0 aliphatic carbocycles. The number of fused-ring (bicyclic) bond motifs is 1. The number of aliphatic hydroxyl groups is 1. The van der Waals surface area contributed by atoms with Crippen LogP contribution in [0.3, 0.4) is 0 Å². The third-order valence-corrected chi connectivity index (χ3v) is 4.88. The summed E-state index contributed by atoms with van der Waals surface area (Å²) in [5, 5.41) is 15.4. The lowest BCUT2D eigenvalue weighted by atomic mass is 9.86. The van der Waals surface area contributed by atoms with E-state index in [0.717, 1.165) is 0 Å². The van der Waals surface area contributed by atoms with Crippen LogP contribution in [0.25, 0.3) is 16.6 Å². The van der Waals surface area contributed by atoms with Crippen molar-refractivity contribution in [2.45, 2.75) is 18.2 Å². The smallest absolute Gasteiger partial charge is 0.376 e. The summed E-state index contributed by atoms with van der Waals surface area (Å²) in [5.74, 6) is -0.375. The average molecular weight is 400 g/mol. The van der Waals surface area contributed by atoms with Gasteiger partial charge in [0.2, 0.25) is 0 Å². The minimum absolute atomic E-state index is 0.213. The number of alkyl halides is 3. The number of rotatable bonds is 4. The Morgan fingerprint density at radius 3 is 2.24 bits per heavy atom. The quantitative estimate of drug-likeness (QED) is 0.481. The van der Waals surface area contributed by atoms with E-state index in [0.29, 0.717) is 22.2 Å². The number of hydrogen-bond acceptors (Lipinski definition) is 2. The van der Waals surface area contributed by atoms with E-state index >= 15 is 0 Å². The van der Waals surface area contributed by atoms with Crippen molar-refractivity contribution in [2.75, 3.05) is 0 Å². The Bertz CT molecular complexity index is 1140. The van der Waals surface area contributed by atoms with Crippen LogP contribution < -0.4 is 0 Å².